The standard InChI is InChI=1S/C21H19F3N4O3/c1-28-9-6-17(27-28)16-10-13(18(30)26-20(12-29)7-8-20)11-25-19(16)31-15-4-2-14(3-5-15)21(22,23)24/h2-6,9-11,29H,7-8,12H2,1H3,(H,26,30). The predicted molar refractivity (Wildman–Crippen MR) is 104 cm³/mol. The molecule has 0 aliphatic heterocycles. The van der Waals surface area contributed by atoms with Crippen LogP contribution in [0.2, 0.25) is 0 Å². The zero-order valence-corrected chi connectivity index (χ0v) is 16.5. The summed E-state index contributed by atoms with van der Waals surface area (Å²) in [5.74, 6) is -0.136. The molecular weight excluding hydrogens is 413 g/mol. The zero-order chi connectivity index (χ0) is 22.2. The van der Waals surface area contributed by atoms with Gasteiger partial charge in [-0.15, -0.1) is 0 Å². The maximum atomic E-state index is 12.8. The topological polar surface area (TPSA) is 89.3 Å². The summed E-state index contributed by atoms with van der Waals surface area (Å²) < 4.78 is 45.6. The van der Waals surface area contributed by atoms with Crippen molar-refractivity contribution in [1.82, 2.24) is 20.1 Å². The van der Waals surface area contributed by atoms with Crippen LogP contribution in [0.3, 0.4) is 0 Å². The number of aryl methyl sites for hydroxylation is 1. The number of ether oxygens (including phenoxy) is 1. The number of amides is 1. The lowest BCUT2D eigenvalue weighted by molar-refractivity contribution is -0.137. The van der Waals surface area contributed by atoms with Crippen LogP contribution in [0.5, 0.6) is 11.6 Å². The Balaban J connectivity index is 1.64. The third-order valence-corrected chi connectivity index (χ3v) is 5.03. The number of rotatable bonds is 6. The van der Waals surface area contributed by atoms with Crippen molar-refractivity contribution in [2.45, 2.75) is 24.6 Å². The third-order valence-electron chi connectivity index (χ3n) is 5.03. The molecule has 3 aromatic rings. The highest BCUT2D eigenvalue weighted by molar-refractivity contribution is 5.96. The second-order valence-corrected chi connectivity index (χ2v) is 7.47. The van der Waals surface area contributed by atoms with E-state index >= 15 is 0 Å². The lowest BCUT2D eigenvalue weighted by Crippen LogP contribution is -2.39. The van der Waals surface area contributed by atoms with Gasteiger partial charge in [-0.1, -0.05) is 0 Å². The summed E-state index contributed by atoms with van der Waals surface area (Å²) in [7, 11) is 1.72. The number of aromatic nitrogens is 3. The predicted octanol–water partition coefficient (Wildman–Crippen LogP) is 3.55. The fourth-order valence-electron chi connectivity index (χ4n) is 3.01. The molecule has 10 heteroatoms. The molecule has 1 saturated carbocycles. The summed E-state index contributed by atoms with van der Waals surface area (Å²) in [5.41, 5.74) is -0.239. The van der Waals surface area contributed by atoms with E-state index in [1.54, 1.807) is 30.1 Å². The second kappa shape index (κ2) is 7.69. The van der Waals surface area contributed by atoms with Crippen molar-refractivity contribution in [2.75, 3.05) is 6.61 Å². The number of carbonyl (C=O) groups excluding carboxylic acids is 1. The van der Waals surface area contributed by atoms with Gasteiger partial charge in [0.1, 0.15) is 5.75 Å². The van der Waals surface area contributed by atoms with Gasteiger partial charge in [0.15, 0.2) is 0 Å². The first-order valence-electron chi connectivity index (χ1n) is 9.48. The van der Waals surface area contributed by atoms with Crippen LogP contribution in [-0.2, 0) is 13.2 Å². The minimum Gasteiger partial charge on any atom is -0.438 e. The average molecular weight is 432 g/mol. The Labute approximate surface area is 175 Å². The fraction of sp³-hybridized carbons (Fsp3) is 0.286. The number of nitrogens with one attached hydrogen (secondary N) is 1. The van der Waals surface area contributed by atoms with Gasteiger partial charge in [-0.3, -0.25) is 9.48 Å². The summed E-state index contributed by atoms with van der Waals surface area (Å²) in [4.78, 5) is 16.8. The summed E-state index contributed by atoms with van der Waals surface area (Å²) in [5, 5.41) is 16.5. The maximum Gasteiger partial charge on any atom is 0.416 e. The SMILES string of the molecule is Cn1ccc(-c2cc(C(=O)NC3(CO)CC3)cnc2Oc2ccc(C(F)(F)F)cc2)n1. The number of pyridine rings is 1. The molecule has 31 heavy (non-hydrogen) atoms. The molecule has 0 atom stereocenters. The van der Waals surface area contributed by atoms with Crippen LogP contribution in [0, 0.1) is 0 Å². The van der Waals surface area contributed by atoms with E-state index in [0.29, 0.717) is 24.1 Å². The molecule has 2 heterocycles. The molecule has 0 unspecified atom stereocenters. The van der Waals surface area contributed by atoms with Gasteiger partial charge in [0.2, 0.25) is 5.88 Å². The minimum atomic E-state index is -4.45. The molecule has 0 saturated heterocycles. The number of benzene rings is 1. The molecule has 7 nitrogen and oxygen atoms in total. The third kappa shape index (κ3) is 4.53. The van der Waals surface area contributed by atoms with Crippen LogP contribution in [0.1, 0.15) is 28.8 Å². The van der Waals surface area contributed by atoms with Crippen LogP contribution < -0.4 is 10.1 Å². The number of hydrogen-bond acceptors (Lipinski definition) is 5. The van der Waals surface area contributed by atoms with E-state index < -0.39 is 23.2 Å². The van der Waals surface area contributed by atoms with Gasteiger partial charge in [0.25, 0.3) is 5.91 Å². The van der Waals surface area contributed by atoms with Crippen molar-refractivity contribution < 1.29 is 27.8 Å². The zero-order valence-electron chi connectivity index (χ0n) is 16.5. The lowest BCUT2D eigenvalue weighted by atomic mass is 10.1. The van der Waals surface area contributed by atoms with Crippen molar-refractivity contribution in [2.24, 2.45) is 7.05 Å². The van der Waals surface area contributed by atoms with Gasteiger partial charge < -0.3 is 15.2 Å². The molecule has 2 N–H and O–H groups in total. The van der Waals surface area contributed by atoms with E-state index in [1.807, 2.05) is 0 Å². The highest BCUT2D eigenvalue weighted by Gasteiger charge is 2.43. The molecule has 1 aromatic carbocycles. The van der Waals surface area contributed by atoms with Crippen LogP contribution in [0.15, 0.2) is 48.8 Å². The Morgan fingerprint density at radius 3 is 2.52 bits per heavy atom. The first-order valence-corrected chi connectivity index (χ1v) is 9.48. The smallest absolute Gasteiger partial charge is 0.416 e. The average Bonchev–Trinajstić information content (AvgIpc) is 3.38. The summed E-state index contributed by atoms with van der Waals surface area (Å²) in [6.07, 6.45) is -0.0300. The summed E-state index contributed by atoms with van der Waals surface area (Å²) in [6, 6.07) is 7.49. The molecule has 0 spiro atoms. The monoisotopic (exact) mass is 432 g/mol. The highest BCUT2D eigenvalue weighted by atomic mass is 19.4. The number of nitrogens with zero attached hydrogens (tertiary/aromatic N) is 3. The largest absolute Gasteiger partial charge is 0.438 e. The first kappa shape index (κ1) is 20.9. The second-order valence-electron chi connectivity index (χ2n) is 7.47. The molecule has 1 aliphatic carbocycles. The number of aliphatic hydroxyl groups is 1. The van der Waals surface area contributed by atoms with Gasteiger partial charge in [-0.2, -0.15) is 18.3 Å². The Morgan fingerprint density at radius 2 is 1.97 bits per heavy atom. The molecule has 1 fully saturated rings. The molecular formula is C21H19F3N4O3. The molecule has 0 bridgehead atoms. The van der Waals surface area contributed by atoms with Crippen LogP contribution in [0.4, 0.5) is 13.2 Å². The normalized spacial score (nSPS) is 14.9. The minimum absolute atomic E-state index is 0.0957. The Morgan fingerprint density at radius 1 is 1.26 bits per heavy atom. The molecule has 0 radical (unpaired) electrons. The van der Waals surface area contributed by atoms with E-state index in [0.717, 1.165) is 12.1 Å². The molecule has 1 aliphatic rings. The first-order chi connectivity index (χ1) is 14.7. The van der Waals surface area contributed by atoms with Crippen molar-refractivity contribution in [1.29, 1.82) is 0 Å². The maximum absolute atomic E-state index is 12.8. The molecule has 2 aromatic heterocycles. The fourth-order valence-corrected chi connectivity index (χ4v) is 3.01. The van der Waals surface area contributed by atoms with Gasteiger partial charge >= 0.3 is 6.18 Å². The number of carbonyl (C=O) groups is 1. The van der Waals surface area contributed by atoms with E-state index in [1.165, 1.54) is 18.3 Å². The summed E-state index contributed by atoms with van der Waals surface area (Å²) in [6.45, 7) is -0.144. The van der Waals surface area contributed by atoms with Crippen molar-refractivity contribution in [3.8, 4) is 22.9 Å². The molecule has 4 rings (SSSR count). The summed E-state index contributed by atoms with van der Waals surface area (Å²) >= 11 is 0. The number of aliphatic hydroxyl groups excluding tert-OH is 1. The van der Waals surface area contributed by atoms with Crippen molar-refractivity contribution >= 4 is 5.91 Å². The van der Waals surface area contributed by atoms with E-state index in [-0.39, 0.29) is 23.8 Å². The quantitative estimate of drug-likeness (QED) is 0.622. The Hall–Kier alpha value is -3.40. The van der Waals surface area contributed by atoms with Crippen LogP contribution in [-0.4, -0.2) is 37.9 Å². The van der Waals surface area contributed by atoms with Crippen molar-refractivity contribution in [3.63, 3.8) is 0 Å². The van der Waals surface area contributed by atoms with Gasteiger partial charge in [0, 0.05) is 19.4 Å². The molecule has 162 valence electrons. The number of halogens is 3. The van der Waals surface area contributed by atoms with Crippen LogP contribution in [0.25, 0.3) is 11.3 Å². The Bertz CT molecular complexity index is 1110. The van der Waals surface area contributed by atoms with Gasteiger partial charge in [-0.25, -0.2) is 4.98 Å². The van der Waals surface area contributed by atoms with E-state index in [4.69, 9.17) is 4.74 Å². The van der Waals surface area contributed by atoms with Gasteiger partial charge in [-0.05, 0) is 49.2 Å². The number of alkyl halides is 3. The van der Waals surface area contributed by atoms with E-state index in [9.17, 15) is 23.1 Å². The number of hydrogen-bond donors (Lipinski definition) is 2. The van der Waals surface area contributed by atoms with Crippen LogP contribution >= 0.6 is 0 Å². The lowest BCUT2D eigenvalue weighted by Gasteiger charge is -2.15. The molecule has 1 amide bonds. The highest BCUT2D eigenvalue weighted by Crippen LogP contribution is 2.36. The van der Waals surface area contributed by atoms with E-state index in [2.05, 4.69) is 15.4 Å². The Kier molecular flexibility index (Phi) is 5.18. The van der Waals surface area contributed by atoms with Gasteiger partial charge in [0.05, 0.1) is 34.5 Å². The van der Waals surface area contributed by atoms with Crippen molar-refractivity contribution in [3.05, 3.63) is 59.9 Å².